The van der Waals surface area contributed by atoms with Crippen LogP contribution in [0, 0.1) is 0 Å². The van der Waals surface area contributed by atoms with Crippen molar-refractivity contribution in [3.05, 3.63) is 59.7 Å². The SMILES string of the molecule is COc1ccc(CN(C(=O)/C=C/c2ccc(OC(C)C)c(OC)c2)C2CC2)cc1. The fourth-order valence-corrected chi connectivity index (χ4v) is 3.10. The molecule has 0 N–H and O–H groups in total. The Labute approximate surface area is 172 Å². The first-order valence-corrected chi connectivity index (χ1v) is 9.96. The average molecular weight is 395 g/mol. The monoisotopic (exact) mass is 395 g/mol. The first kappa shape index (κ1) is 20.8. The standard InChI is InChI=1S/C24H29NO4/c1-17(2)29-22-13-7-18(15-23(22)28-4)8-14-24(26)25(20-9-10-20)16-19-5-11-21(27-3)12-6-19/h5-8,11-15,17,20H,9-10,16H2,1-4H3/b14-8+. The maximum absolute atomic E-state index is 12.9. The summed E-state index contributed by atoms with van der Waals surface area (Å²) < 4.78 is 16.4. The van der Waals surface area contributed by atoms with E-state index in [4.69, 9.17) is 14.2 Å². The Bertz CT molecular complexity index is 854. The number of hydrogen-bond donors (Lipinski definition) is 0. The summed E-state index contributed by atoms with van der Waals surface area (Å²) in [6, 6.07) is 13.9. The normalized spacial score (nSPS) is 13.6. The van der Waals surface area contributed by atoms with Crippen LogP contribution in [-0.2, 0) is 11.3 Å². The molecule has 0 saturated heterocycles. The molecule has 0 aliphatic heterocycles. The van der Waals surface area contributed by atoms with E-state index in [1.807, 2.05) is 67.3 Å². The minimum absolute atomic E-state index is 0.0183. The van der Waals surface area contributed by atoms with Crippen molar-refractivity contribution in [2.24, 2.45) is 0 Å². The van der Waals surface area contributed by atoms with Gasteiger partial charge in [0.05, 0.1) is 20.3 Å². The minimum Gasteiger partial charge on any atom is -0.497 e. The second-order valence-electron chi connectivity index (χ2n) is 7.46. The molecule has 0 aromatic heterocycles. The molecule has 0 heterocycles. The van der Waals surface area contributed by atoms with Crippen molar-refractivity contribution >= 4 is 12.0 Å². The topological polar surface area (TPSA) is 48.0 Å². The van der Waals surface area contributed by atoms with E-state index in [-0.39, 0.29) is 12.0 Å². The molecule has 5 nitrogen and oxygen atoms in total. The molecule has 0 unspecified atom stereocenters. The molecule has 3 rings (SSSR count). The zero-order valence-electron chi connectivity index (χ0n) is 17.6. The molecule has 2 aromatic carbocycles. The van der Waals surface area contributed by atoms with E-state index in [2.05, 4.69) is 0 Å². The molecule has 0 spiro atoms. The molecule has 1 aliphatic rings. The Kier molecular flexibility index (Phi) is 6.81. The van der Waals surface area contributed by atoms with E-state index < -0.39 is 0 Å². The number of ether oxygens (including phenoxy) is 3. The molecule has 154 valence electrons. The number of nitrogens with zero attached hydrogens (tertiary/aromatic N) is 1. The van der Waals surface area contributed by atoms with E-state index in [0.717, 1.165) is 29.7 Å². The highest BCUT2D eigenvalue weighted by Gasteiger charge is 2.31. The van der Waals surface area contributed by atoms with Gasteiger partial charge < -0.3 is 19.1 Å². The smallest absolute Gasteiger partial charge is 0.247 e. The van der Waals surface area contributed by atoms with Crippen LogP contribution in [0.2, 0.25) is 0 Å². The van der Waals surface area contributed by atoms with Gasteiger partial charge in [0.25, 0.3) is 0 Å². The van der Waals surface area contributed by atoms with Crippen molar-refractivity contribution in [3.63, 3.8) is 0 Å². The summed E-state index contributed by atoms with van der Waals surface area (Å²) >= 11 is 0. The highest BCUT2D eigenvalue weighted by molar-refractivity contribution is 5.92. The van der Waals surface area contributed by atoms with Gasteiger partial charge in [-0.1, -0.05) is 18.2 Å². The van der Waals surface area contributed by atoms with E-state index in [0.29, 0.717) is 24.1 Å². The molecule has 0 radical (unpaired) electrons. The summed E-state index contributed by atoms with van der Waals surface area (Å²) in [5.74, 6) is 2.19. The summed E-state index contributed by atoms with van der Waals surface area (Å²) in [4.78, 5) is 14.8. The number of amides is 1. The van der Waals surface area contributed by atoms with E-state index >= 15 is 0 Å². The molecule has 1 aliphatic carbocycles. The van der Waals surface area contributed by atoms with Crippen LogP contribution in [0.4, 0.5) is 0 Å². The van der Waals surface area contributed by atoms with Gasteiger partial charge >= 0.3 is 0 Å². The van der Waals surface area contributed by atoms with Crippen LogP contribution in [0.1, 0.15) is 37.8 Å². The van der Waals surface area contributed by atoms with Gasteiger partial charge in [0.1, 0.15) is 5.75 Å². The predicted molar refractivity (Wildman–Crippen MR) is 114 cm³/mol. The number of benzene rings is 2. The third-order valence-corrected chi connectivity index (χ3v) is 4.75. The number of rotatable bonds is 9. The number of hydrogen-bond acceptors (Lipinski definition) is 4. The Balaban J connectivity index is 1.70. The highest BCUT2D eigenvalue weighted by atomic mass is 16.5. The van der Waals surface area contributed by atoms with Gasteiger partial charge in [-0.15, -0.1) is 0 Å². The van der Waals surface area contributed by atoms with Crippen molar-refractivity contribution in [1.29, 1.82) is 0 Å². The molecule has 5 heteroatoms. The van der Waals surface area contributed by atoms with Crippen molar-refractivity contribution < 1.29 is 19.0 Å². The van der Waals surface area contributed by atoms with Crippen LogP contribution >= 0.6 is 0 Å². The average Bonchev–Trinajstić information content (AvgIpc) is 3.56. The van der Waals surface area contributed by atoms with Gasteiger partial charge in [-0.25, -0.2) is 0 Å². The Morgan fingerprint density at radius 1 is 1.07 bits per heavy atom. The molecule has 1 amide bonds. The lowest BCUT2D eigenvalue weighted by atomic mass is 10.1. The molecule has 0 bridgehead atoms. The van der Waals surface area contributed by atoms with E-state index in [1.165, 1.54) is 0 Å². The van der Waals surface area contributed by atoms with Crippen molar-refractivity contribution in [1.82, 2.24) is 4.90 Å². The summed E-state index contributed by atoms with van der Waals surface area (Å²) in [5, 5.41) is 0. The predicted octanol–water partition coefficient (Wildman–Crippen LogP) is 4.70. The van der Waals surface area contributed by atoms with E-state index in [1.54, 1.807) is 20.3 Å². The first-order chi connectivity index (χ1) is 14.0. The lowest BCUT2D eigenvalue weighted by molar-refractivity contribution is -0.127. The van der Waals surface area contributed by atoms with Gasteiger partial charge in [0.15, 0.2) is 11.5 Å². The summed E-state index contributed by atoms with van der Waals surface area (Å²) in [6.07, 6.45) is 5.65. The zero-order chi connectivity index (χ0) is 20.8. The number of methoxy groups -OCH3 is 2. The maximum atomic E-state index is 12.9. The van der Waals surface area contributed by atoms with Gasteiger partial charge in [0, 0.05) is 18.7 Å². The molecular formula is C24H29NO4. The lowest BCUT2D eigenvalue weighted by Gasteiger charge is -2.21. The third kappa shape index (κ3) is 5.76. The van der Waals surface area contributed by atoms with Gasteiger partial charge in [-0.2, -0.15) is 0 Å². The van der Waals surface area contributed by atoms with E-state index in [9.17, 15) is 4.79 Å². The van der Waals surface area contributed by atoms with Crippen LogP contribution < -0.4 is 14.2 Å². The van der Waals surface area contributed by atoms with Crippen LogP contribution in [0.5, 0.6) is 17.2 Å². The number of carbonyl (C=O) groups is 1. The molecular weight excluding hydrogens is 366 g/mol. The van der Waals surface area contributed by atoms with Crippen molar-refractivity contribution in [2.45, 2.75) is 45.4 Å². The Hall–Kier alpha value is -2.95. The highest BCUT2D eigenvalue weighted by Crippen LogP contribution is 2.31. The minimum atomic E-state index is 0.0183. The third-order valence-electron chi connectivity index (χ3n) is 4.75. The summed E-state index contributed by atoms with van der Waals surface area (Å²) in [7, 11) is 3.27. The largest absolute Gasteiger partial charge is 0.497 e. The Morgan fingerprint density at radius 3 is 2.38 bits per heavy atom. The lowest BCUT2D eigenvalue weighted by Crippen LogP contribution is -2.31. The van der Waals surface area contributed by atoms with Gasteiger partial charge in [0.2, 0.25) is 5.91 Å². The Morgan fingerprint density at radius 2 is 1.79 bits per heavy atom. The second kappa shape index (κ2) is 9.50. The maximum Gasteiger partial charge on any atom is 0.247 e. The molecule has 0 atom stereocenters. The fraction of sp³-hybridized carbons (Fsp3) is 0.375. The number of carbonyl (C=O) groups excluding carboxylic acids is 1. The van der Waals surface area contributed by atoms with Crippen LogP contribution in [0.15, 0.2) is 48.5 Å². The molecule has 29 heavy (non-hydrogen) atoms. The van der Waals surface area contributed by atoms with Crippen molar-refractivity contribution in [2.75, 3.05) is 14.2 Å². The van der Waals surface area contributed by atoms with Crippen molar-refractivity contribution in [3.8, 4) is 17.2 Å². The fourth-order valence-electron chi connectivity index (χ4n) is 3.10. The summed E-state index contributed by atoms with van der Waals surface area (Å²) in [6.45, 7) is 4.55. The zero-order valence-corrected chi connectivity index (χ0v) is 17.6. The molecule has 1 fully saturated rings. The second-order valence-corrected chi connectivity index (χ2v) is 7.46. The summed E-state index contributed by atoms with van der Waals surface area (Å²) in [5.41, 5.74) is 1.99. The van der Waals surface area contributed by atoms with Gasteiger partial charge in [-0.05, 0) is 68.2 Å². The van der Waals surface area contributed by atoms with Crippen LogP contribution in [-0.4, -0.2) is 37.2 Å². The first-order valence-electron chi connectivity index (χ1n) is 9.96. The quantitative estimate of drug-likeness (QED) is 0.578. The molecule has 2 aromatic rings. The molecule has 1 saturated carbocycles. The van der Waals surface area contributed by atoms with Gasteiger partial charge in [-0.3, -0.25) is 4.79 Å². The van der Waals surface area contributed by atoms with Crippen LogP contribution in [0.25, 0.3) is 6.08 Å². The van der Waals surface area contributed by atoms with Crippen LogP contribution in [0.3, 0.4) is 0 Å².